The second-order valence-electron chi connectivity index (χ2n) is 6.89. The number of hydrogen-bond donors (Lipinski definition) is 0. The zero-order valence-corrected chi connectivity index (χ0v) is 15.2. The maximum atomic E-state index is 13.3. The molecule has 0 saturated carbocycles. The summed E-state index contributed by atoms with van der Waals surface area (Å²) >= 11 is 0. The standard InChI is InChI=1S/C20H24FN3O2/c1-4-11-24-19(25)17(14-5-7-15(21)8-6-14)18(20(24)26)23(3)16-9-12-22(2)13-10-16/h4-8,16H,1,9-13H2,2-3H3. The highest BCUT2D eigenvalue weighted by Gasteiger charge is 2.41. The van der Waals surface area contributed by atoms with E-state index < -0.39 is 0 Å². The van der Waals surface area contributed by atoms with Crippen molar-refractivity contribution in [2.75, 3.05) is 33.7 Å². The van der Waals surface area contributed by atoms with Crippen LogP contribution in [0.1, 0.15) is 18.4 Å². The lowest BCUT2D eigenvalue weighted by molar-refractivity contribution is -0.137. The van der Waals surface area contributed by atoms with Crippen molar-refractivity contribution in [3.63, 3.8) is 0 Å². The molecule has 1 saturated heterocycles. The van der Waals surface area contributed by atoms with Crippen LogP contribution >= 0.6 is 0 Å². The van der Waals surface area contributed by atoms with Crippen LogP contribution in [0.25, 0.3) is 5.57 Å². The lowest BCUT2D eigenvalue weighted by Crippen LogP contribution is -2.43. The van der Waals surface area contributed by atoms with Gasteiger partial charge in [-0.1, -0.05) is 18.2 Å². The van der Waals surface area contributed by atoms with Crippen LogP contribution in [0.15, 0.2) is 42.6 Å². The molecule has 0 N–H and O–H groups in total. The third kappa shape index (κ3) is 3.29. The van der Waals surface area contributed by atoms with Crippen LogP contribution in [0.5, 0.6) is 0 Å². The monoisotopic (exact) mass is 357 g/mol. The minimum Gasteiger partial charge on any atom is -0.366 e. The maximum absolute atomic E-state index is 13.3. The number of halogens is 1. The Kier molecular flexibility index (Phi) is 5.23. The highest BCUT2D eigenvalue weighted by Crippen LogP contribution is 2.33. The Labute approximate surface area is 153 Å². The number of carbonyl (C=O) groups excluding carboxylic acids is 2. The number of rotatable bonds is 5. The summed E-state index contributed by atoms with van der Waals surface area (Å²) in [4.78, 5) is 31.3. The normalized spacial score (nSPS) is 19.4. The molecule has 2 aliphatic heterocycles. The SMILES string of the molecule is C=CCN1C(=O)C(c2ccc(F)cc2)=C(N(C)C2CCN(C)CC2)C1=O. The third-order valence-electron chi connectivity index (χ3n) is 5.18. The van der Waals surface area contributed by atoms with Gasteiger partial charge in [0, 0.05) is 19.6 Å². The Bertz CT molecular complexity index is 749. The fourth-order valence-electron chi connectivity index (χ4n) is 3.63. The second kappa shape index (κ2) is 7.41. The van der Waals surface area contributed by atoms with Crippen molar-refractivity contribution in [1.82, 2.24) is 14.7 Å². The average molecular weight is 357 g/mol. The van der Waals surface area contributed by atoms with Gasteiger partial charge in [0.15, 0.2) is 0 Å². The van der Waals surface area contributed by atoms with Gasteiger partial charge in [-0.2, -0.15) is 0 Å². The maximum Gasteiger partial charge on any atom is 0.278 e. The number of carbonyl (C=O) groups is 2. The van der Waals surface area contributed by atoms with Crippen LogP contribution < -0.4 is 0 Å². The van der Waals surface area contributed by atoms with Crippen LogP contribution in [-0.4, -0.2) is 66.3 Å². The quantitative estimate of drug-likeness (QED) is 0.598. The largest absolute Gasteiger partial charge is 0.366 e. The van der Waals surface area contributed by atoms with E-state index >= 15 is 0 Å². The number of imide groups is 1. The number of piperidine rings is 1. The number of hydrogen-bond acceptors (Lipinski definition) is 4. The molecule has 1 aromatic rings. The van der Waals surface area contributed by atoms with E-state index in [0.29, 0.717) is 16.8 Å². The molecular formula is C20H24FN3O2. The summed E-state index contributed by atoms with van der Waals surface area (Å²) in [6.07, 6.45) is 3.39. The van der Waals surface area contributed by atoms with Crippen molar-refractivity contribution < 1.29 is 14.0 Å². The summed E-state index contributed by atoms with van der Waals surface area (Å²) in [7, 11) is 3.95. The molecule has 1 fully saturated rings. The number of amides is 2. The zero-order valence-electron chi connectivity index (χ0n) is 15.2. The molecule has 6 heteroatoms. The molecule has 5 nitrogen and oxygen atoms in total. The Hall–Kier alpha value is -2.47. The van der Waals surface area contributed by atoms with Crippen LogP contribution in [-0.2, 0) is 9.59 Å². The molecule has 1 aromatic carbocycles. The molecule has 0 aromatic heterocycles. The lowest BCUT2D eigenvalue weighted by atomic mass is 10.00. The van der Waals surface area contributed by atoms with Crippen molar-refractivity contribution in [3.8, 4) is 0 Å². The van der Waals surface area contributed by atoms with Gasteiger partial charge < -0.3 is 9.80 Å². The molecule has 0 atom stereocenters. The Morgan fingerprint density at radius 3 is 2.38 bits per heavy atom. The van der Waals surface area contributed by atoms with Gasteiger partial charge >= 0.3 is 0 Å². The van der Waals surface area contributed by atoms with Crippen LogP contribution in [0.4, 0.5) is 4.39 Å². The van der Waals surface area contributed by atoms with E-state index in [1.165, 1.54) is 23.1 Å². The van der Waals surface area contributed by atoms with Gasteiger partial charge in [0.25, 0.3) is 11.8 Å². The number of benzene rings is 1. The highest BCUT2D eigenvalue weighted by atomic mass is 19.1. The summed E-state index contributed by atoms with van der Waals surface area (Å²) < 4.78 is 13.3. The first-order valence-corrected chi connectivity index (χ1v) is 8.82. The van der Waals surface area contributed by atoms with Crippen molar-refractivity contribution in [2.24, 2.45) is 0 Å². The smallest absolute Gasteiger partial charge is 0.278 e. The predicted molar refractivity (Wildman–Crippen MR) is 98.5 cm³/mol. The summed E-state index contributed by atoms with van der Waals surface area (Å²) in [5.41, 5.74) is 1.31. The van der Waals surface area contributed by atoms with E-state index in [9.17, 15) is 14.0 Å². The molecular weight excluding hydrogens is 333 g/mol. The van der Waals surface area contributed by atoms with Crippen LogP contribution in [0, 0.1) is 5.82 Å². The van der Waals surface area contributed by atoms with Crippen LogP contribution in [0.2, 0.25) is 0 Å². The lowest BCUT2D eigenvalue weighted by Gasteiger charge is -2.36. The third-order valence-corrected chi connectivity index (χ3v) is 5.18. The minimum atomic E-state index is -0.376. The van der Waals surface area contributed by atoms with E-state index in [1.807, 2.05) is 11.9 Å². The molecule has 2 amide bonds. The molecule has 2 aliphatic rings. The van der Waals surface area contributed by atoms with Crippen molar-refractivity contribution in [3.05, 3.63) is 54.0 Å². The number of likely N-dealkylation sites (tertiary alicyclic amines) is 1. The average Bonchev–Trinajstić information content (AvgIpc) is 2.87. The van der Waals surface area contributed by atoms with Gasteiger partial charge in [0.05, 0.1) is 5.57 Å². The van der Waals surface area contributed by atoms with Crippen molar-refractivity contribution in [2.45, 2.75) is 18.9 Å². The number of likely N-dealkylation sites (N-methyl/N-ethyl adjacent to an activating group) is 1. The molecule has 138 valence electrons. The highest BCUT2D eigenvalue weighted by molar-refractivity contribution is 6.35. The van der Waals surface area contributed by atoms with Gasteiger partial charge in [0.2, 0.25) is 0 Å². The Morgan fingerprint density at radius 2 is 1.81 bits per heavy atom. The van der Waals surface area contributed by atoms with Crippen LogP contribution in [0.3, 0.4) is 0 Å². The van der Waals surface area contributed by atoms with Crippen molar-refractivity contribution >= 4 is 17.4 Å². The first kappa shape index (κ1) is 18.3. The fourth-order valence-corrected chi connectivity index (χ4v) is 3.63. The molecule has 0 spiro atoms. The van der Waals surface area contributed by atoms with Gasteiger partial charge in [-0.15, -0.1) is 6.58 Å². The molecule has 0 radical (unpaired) electrons. The van der Waals surface area contributed by atoms with E-state index in [-0.39, 0.29) is 30.2 Å². The first-order valence-electron chi connectivity index (χ1n) is 8.82. The molecule has 0 bridgehead atoms. The molecule has 26 heavy (non-hydrogen) atoms. The van der Waals surface area contributed by atoms with E-state index in [4.69, 9.17) is 0 Å². The molecule has 0 aliphatic carbocycles. The predicted octanol–water partition coefficient (Wildman–Crippen LogP) is 2.12. The summed E-state index contributed by atoms with van der Waals surface area (Å²) in [6, 6.07) is 5.91. The van der Waals surface area contributed by atoms with Gasteiger partial charge in [-0.25, -0.2) is 4.39 Å². The topological polar surface area (TPSA) is 43.9 Å². The van der Waals surface area contributed by atoms with Gasteiger partial charge in [-0.05, 0) is 50.7 Å². The van der Waals surface area contributed by atoms with Gasteiger partial charge in [0.1, 0.15) is 11.5 Å². The molecule has 2 heterocycles. The molecule has 3 rings (SSSR count). The minimum absolute atomic E-state index is 0.160. The fraction of sp³-hybridized carbons (Fsp3) is 0.400. The van der Waals surface area contributed by atoms with E-state index in [2.05, 4.69) is 18.5 Å². The zero-order chi connectivity index (χ0) is 18.8. The first-order chi connectivity index (χ1) is 12.4. The molecule has 0 unspecified atom stereocenters. The Balaban J connectivity index is 2.02. The van der Waals surface area contributed by atoms with Gasteiger partial charge in [-0.3, -0.25) is 14.5 Å². The summed E-state index contributed by atoms with van der Waals surface area (Å²) in [5, 5.41) is 0. The second-order valence-corrected chi connectivity index (χ2v) is 6.89. The van der Waals surface area contributed by atoms with Crippen molar-refractivity contribution in [1.29, 1.82) is 0 Å². The Morgan fingerprint density at radius 1 is 1.19 bits per heavy atom. The summed E-state index contributed by atoms with van der Waals surface area (Å²) in [5.74, 6) is -1.04. The van der Waals surface area contributed by atoms with E-state index in [0.717, 1.165) is 25.9 Å². The summed E-state index contributed by atoms with van der Waals surface area (Å²) in [6.45, 7) is 5.70. The van der Waals surface area contributed by atoms with E-state index in [1.54, 1.807) is 12.1 Å². The number of nitrogens with zero attached hydrogens (tertiary/aromatic N) is 3.